The van der Waals surface area contributed by atoms with Crippen LogP contribution in [0.25, 0.3) is 0 Å². The van der Waals surface area contributed by atoms with Gasteiger partial charge in [-0.15, -0.1) is 0 Å². The maximum Gasteiger partial charge on any atom is 0.137 e. The Morgan fingerprint density at radius 2 is 1.77 bits per heavy atom. The van der Waals surface area contributed by atoms with E-state index in [1.54, 1.807) is 18.8 Å². The number of para-hydroxylation sites is 1. The smallest absolute Gasteiger partial charge is 0.137 e. The number of hydrogen-bond acceptors (Lipinski definition) is 4. The number of rotatable bonds is 6. The molecule has 30 heavy (non-hydrogen) atoms. The van der Waals surface area contributed by atoms with Gasteiger partial charge in [0.15, 0.2) is 0 Å². The Bertz CT molecular complexity index is 1190. The predicted octanol–water partition coefficient (Wildman–Crippen LogP) is 6.30. The van der Waals surface area contributed by atoms with Crippen molar-refractivity contribution in [2.45, 2.75) is 28.0 Å². The summed E-state index contributed by atoms with van der Waals surface area (Å²) in [5, 5.41) is 0.726. The lowest BCUT2D eigenvalue weighted by Gasteiger charge is -2.33. The molecule has 0 saturated carbocycles. The second-order valence-electron chi connectivity index (χ2n) is 7.06. The molecule has 0 amide bonds. The Kier molecular flexibility index (Phi) is 6.39. The topological polar surface area (TPSA) is 44.7 Å². The first-order valence-electron chi connectivity index (χ1n) is 9.81. The van der Waals surface area contributed by atoms with Gasteiger partial charge in [-0.05, 0) is 55.3 Å². The first-order valence-corrected chi connectivity index (χ1v) is 12.5. The normalized spacial score (nSPS) is 14.6. The molecule has 4 rings (SSSR count). The SMILES string of the molecule is CN=S(=O)(NCCCN1c2ccccc2Sc2ccc(Cl)cc21)c1ccccc1C. The zero-order valence-electron chi connectivity index (χ0n) is 17.0. The van der Waals surface area contributed by atoms with E-state index >= 15 is 0 Å². The standard InChI is InChI=1S/C23H24ClN3OS2/c1-17-8-3-6-11-23(17)30(28,25-2)26-14-7-15-27-19-9-4-5-10-21(19)29-22-13-12-18(24)16-20(22)27/h3-6,8-13,16H,7,14-15H2,1-2H3,(H,25,26,28). The van der Waals surface area contributed by atoms with E-state index in [1.807, 2.05) is 43.3 Å². The van der Waals surface area contributed by atoms with Gasteiger partial charge < -0.3 is 4.90 Å². The summed E-state index contributed by atoms with van der Waals surface area (Å²) in [6.45, 7) is 3.34. The van der Waals surface area contributed by atoms with Crippen LogP contribution < -0.4 is 9.62 Å². The molecule has 0 fully saturated rings. The van der Waals surface area contributed by atoms with Crippen LogP contribution in [-0.4, -0.2) is 24.3 Å². The molecule has 1 N–H and O–H groups in total. The van der Waals surface area contributed by atoms with Crippen LogP contribution in [0.2, 0.25) is 5.02 Å². The lowest BCUT2D eigenvalue weighted by atomic mass is 10.2. The van der Waals surface area contributed by atoms with E-state index in [4.69, 9.17) is 11.6 Å². The lowest BCUT2D eigenvalue weighted by molar-refractivity contribution is 0.658. The molecule has 1 heterocycles. The summed E-state index contributed by atoms with van der Waals surface area (Å²) < 4.78 is 20.8. The number of benzene rings is 3. The van der Waals surface area contributed by atoms with Crippen LogP contribution in [-0.2, 0) is 9.92 Å². The summed E-state index contributed by atoms with van der Waals surface area (Å²) in [5.41, 5.74) is 3.27. The van der Waals surface area contributed by atoms with Crippen molar-refractivity contribution >= 4 is 44.7 Å². The molecular weight excluding hydrogens is 434 g/mol. The minimum atomic E-state index is -2.64. The molecule has 1 atom stereocenters. The number of halogens is 1. The molecule has 0 aromatic heterocycles. The molecule has 0 saturated heterocycles. The first-order chi connectivity index (χ1) is 14.5. The molecule has 1 unspecified atom stereocenters. The summed E-state index contributed by atoms with van der Waals surface area (Å²) in [4.78, 5) is 5.48. The molecule has 0 radical (unpaired) electrons. The predicted molar refractivity (Wildman–Crippen MR) is 128 cm³/mol. The lowest BCUT2D eigenvalue weighted by Crippen LogP contribution is -2.29. The number of aryl methyl sites for hydroxylation is 1. The van der Waals surface area contributed by atoms with Gasteiger partial charge >= 0.3 is 0 Å². The van der Waals surface area contributed by atoms with Gasteiger partial charge in [-0.1, -0.05) is 53.7 Å². The number of anilines is 2. The van der Waals surface area contributed by atoms with Gasteiger partial charge in [0.1, 0.15) is 9.92 Å². The minimum Gasteiger partial charge on any atom is -0.340 e. The van der Waals surface area contributed by atoms with Crippen LogP contribution >= 0.6 is 23.4 Å². The minimum absolute atomic E-state index is 0.590. The largest absolute Gasteiger partial charge is 0.340 e. The fourth-order valence-corrected chi connectivity index (χ4v) is 6.51. The first kappa shape index (κ1) is 21.2. The summed E-state index contributed by atoms with van der Waals surface area (Å²) in [6.07, 6.45) is 0.809. The van der Waals surface area contributed by atoms with E-state index in [9.17, 15) is 4.21 Å². The van der Waals surface area contributed by atoms with E-state index in [0.29, 0.717) is 6.54 Å². The summed E-state index contributed by atoms with van der Waals surface area (Å²) >= 11 is 8.06. The Hall–Kier alpha value is -1.99. The van der Waals surface area contributed by atoms with Crippen molar-refractivity contribution in [1.29, 1.82) is 0 Å². The molecule has 0 bridgehead atoms. The third-order valence-corrected chi connectivity index (χ3v) is 8.62. The van der Waals surface area contributed by atoms with Crippen molar-refractivity contribution in [1.82, 2.24) is 4.72 Å². The number of hydrogen-bond donors (Lipinski definition) is 1. The Balaban J connectivity index is 1.51. The highest BCUT2D eigenvalue weighted by Crippen LogP contribution is 2.48. The average Bonchev–Trinajstić information content (AvgIpc) is 2.76. The summed E-state index contributed by atoms with van der Waals surface area (Å²) in [6, 6.07) is 22.1. The fourth-order valence-electron chi connectivity index (χ4n) is 3.60. The van der Waals surface area contributed by atoms with Crippen LogP contribution in [0.4, 0.5) is 11.4 Å². The second kappa shape index (κ2) is 9.02. The van der Waals surface area contributed by atoms with Crippen LogP contribution in [0.5, 0.6) is 0 Å². The van der Waals surface area contributed by atoms with Crippen molar-refractivity contribution in [3.63, 3.8) is 0 Å². The Morgan fingerprint density at radius 3 is 2.57 bits per heavy atom. The summed E-state index contributed by atoms with van der Waals surface area (Å²) in [7, 11) is -1.03. The number of nitrogens with one attached hydrogen (secondary N) is 1. The van der Waals surface area contributed by atoms with Gasteiger partial charge in [0.05, 0.1) is 16.3 Å². The number of nitrogens with zero attached hydrogens (tertiary/aromatic N) is 2. The molecule has 0 aliphatic carbocycles. The average molecular weight is 458 g/mol. The summed E-state index contributed by atoms with van der Waals surface area (Å²) in [5.74, 6) is 0. The van der Waals surface area contributed by atoms with Crippen LogP contribution in [0, 0.1) is 6.92 Å². The van der Waals surface area contributed by atoms with Crippen LogP contribution in [0.3, 0.4) is 0 Å². The van der Waals surface area contributed by atoms with Crippen molar-refractivity contribution in [2.24, 2.45) is 4.36 Å². The van der Waals surface area contributed by atoms with E-state index < -0.39 is 9.92 Å². The molecule has 3 aromatic rings. The van der Waals surface area contributed by atoms with Gasteiger partial charge in [-0.25, -0.2) is 13.3 Å². The monoisotopic (exact) mass is 457 g/mol. The van der Waals surface area contributed by atoms with Crippen LogP contribution in [0.1, 0.15) is 12.0 Å². The van der Waals surface area contributed by atoms with Crippen LogP contribution in [0.15, 0.2) is 85.8 Å². The van der Waals surface area contributed by atoms with Gasteiger partial charge in [-0.2, -0.15) is 0 Å². The molecule has 4 nitrogen and oxygen atoms in total. The highest BCUT2D eigenvalue weighted by molar-refractivity contribution is 7.99. The molecule has 1 aliphatic rings. The van der Waals surface area contributed by atoms with Gasteiger partial charge in [0.25, 0.3) is 0 Å². The maximum absolute atomic E-state index is 13.4. The fraction of sp³-hybridized carbons (Fsp3) is 0.217. The zero-order valence-corrected chi connectivity index (χ0v) is 19.4. The molecule has 3 aromatic carbocycles. The highest BCUT2D eigenvalue weighted by Gasteiger charge is 2.23. The quantitative estimate of drug-likeness (QED) is 0.441. The highest BCUT2D eigenvalue weighted by atomic mass is 35.5. The van der Waals surface area contributed by atoms with Crippen molar-refractivity contribution in [2.75, 3.05) is 25.0 Å². The van der Waals surface area contributed by atoms with E-state index in [2.05, 4.69) is 44.3 Å². The van der Waals surface area contributed by atoms with Crippen molar-refractivity contribution in [3.05, 3.63) is 77.3 Å². The third kappa shape index (κ3) is 4.23. The van der Waals surface area contributed by atoms with Gasteiger partial charge in [-0.3, -0.25) is 0 Å². The number of fused-ring (bicyclic) bond motifs is 2. The Morgan fingerprint density at radius 1 is 1.03 bits per heavy atom. The van der Waals surface area contributed by atoms with Crippen molar-refractivity contribution in [3.8, 4) is 0 Å². The zero-order chi connectivity index (χ0) is 21.1. The maximum atomic E-state index is 13.4. The second-order valence-corrected chi connectivity index (χ2v) is 10.7. The van der Waals surface area contributed by atoms with E-state index in [1.165, 1.54) is 15.5 Å². The van der Waals surface area contributed by atoms with Gasteiger partial charge in [0, 0.05) is 35.0 Å². The molecule has 156 valence electrons. The van der Waals surface area contributed by atoms with Crippen molar-refractivity contribution < 1.29 is 4.21 Å². The van der Waals surface area contributed by atoms with E-state index in [-0.39, 0.29) is 0 Å². The molecule has 7 heteroatoms. The molecule has 1 aliphatic heterocycles. The van der Waals surface area contributed by atoms with Gasteiger partial charge in [0.2, 0.25) is 0 Å². The molecule has 0 spiro atoms. The van der Waals surface area contributed by atoms with E-state index in [0.717, 1.165) is 34.1 Å². The third-order valence-electron chi connectivity index (χ3n) is 5.09. The Labute approximate surface area is 188 Å². The molecular formula is C23H24ClN3OS2.